The Kier molecular flexibility index (Phi) is 3.87. The van der Waals surface area contributed by atoms with Crippen molar-refractivity contribution < 1.29 is 4.74 Å². The maximum Gasteiger partial charge on any atom is 0.0668 e. The van der Waals surface area contributed by atoms with Crippen molar-refractivity contribution in [3.63, 3.8) is 0 Å². The van der Waals surface area contributed by atoms with Crippen molar-refractivity contribution in [1.29, 1.82) is 0 Å². The Morgan fingerprint density at radius 1 is 1.50 bits per heavy atom. The van der Waals surface area contributed by atoms with Crippen molar-refractivity contribution in [1.82, 2.24) is 0 Å². The second-order valence-corrected chi connectivity index (χ2v) is 4.93. The highest BCUT2D eigenvalue weighted by Crippen LogP contribution is 2.25. The molecular formula is C13H18BrNO. The van der Waals surface area contributed by atoms with Crippen LogP contribution in [-0.4, -0.2) is 25.8 Å². The van der Waals surface area contributed by atoms with Gasteiger partial charge < -0.3 is 9.64 Å². The van der Waals surface area contributed by atoms with E-state index in [0.29, 0.717) is 6.04 Å². The number of anilines is 1. The molecule has 2 rings (SSSR count). The lowest BCUT2D eigenvalue weighted by Gasteiger charge is -2.36. The SMILES string of the molecule is Cc1cc(CBr)ccc1N1CCOCC1C. The molecule has 0 bridgehead atoms. The fourth-order valence-electron chi connectivity index (χ4n) is 2.21. The molecule has 1 aliphatic rings. The minimum absolute atomic E-state index is 0.474. The highest BCUT2D eigenvalue weighted by Gasteiger charge is 2.20. The Labute approximate surface area is 106 Å². The lowest BCUT2D eigenvalue weighted by atomic mass is 10.1. The fraction of sp³-hybridized carbons (Fsp3) is 0.538. The molecule has 1 atom stereocenters. The third-order valence-corrected chi connectivity index (χ3v) is 3.74. The van der Waals surface area contributed by atoms with E-state index < -0.39 is 0 Å². The number of rotatable bonds is 2. The quantitative estimate of drug-likeness (QED) is 0.774. The highest BCUT2D eigenvalue weighted by atomic mass is 79.9. The predicted octanol–water partition coefficient (Wildman–Crippen LogP) is 3.12. The molecule has 1 aromatic carbocycles. The average molecular weight is 284 g/mol. The standard InChI is InChI=1S/C13H18BrNO/c1-10-7-12(8-14)3-4-13(10)15-5-6-16-9-11(15)2/h3-4,7,11H,5-6,8-9H2,1-2H3. The first kappa shape index (κ1) is 11.9. The molecule has 1 aliphatic heterocycles. The summed E-state index contributed by atoms with van der Waals surface area (Å²) >= 11 is 3.49. The number of nitrogens with zero attached hydrogens (tertiary/aromatic N) is 1. The van der Waals surface area contributed by atoms with Crippen LogP contribution in [0.1, 0.15) is 18.1 Å². The van der Waals surface area contributed by atoms with Crippen LogP contribution >= 0.6 is 15.9 Å². The summed E-state index contributed by atoms with van der Waals surface area (Å²) in [5.41, 5.74) is 4.04. The van der Waals surface area contributed by atoms with E-state index in [1.807, 2.05) is 0 Å². The zero-order valence-corrected chi connectivity index (χ0v) is 11.5. The van der Waals surface area contributed by atoms with E-state index >= 15 is 0 Å². The van der Waals surface area contributed by atoms with Crippen LogP contribution in [0.5, 0.6) is 0 Å². The lowest BCUT2D eigenvalue weighted by molar-refractivity contribution is 0.0989. The third-order valence-electron chi connectivity index (χ3n) is 3.09. The number of hydrogen-bond acceptors (Lipinski definition) is 2. The minimum atomic E-state index is 0.474. The van der Waals surface area contributed by atoms with Crippen molar-refractivity contribution in [2.45, 2.75) is 25.2 Å². The second-order valence-electron chi connectivity index (χ2n) is 4.37. The molecule has 0 aromatic heterocycles. The van der Waals surface area contributed by atoms with Gasteiger partial charge >= 0.3 is 0 Å². The molecule has 1 heterocycles. The predicted molar refractivity (Wildman–Crippen MR) is 71.4 cm³/mol. The second kappa shape index (κ2) is 5.19. The van der Waals surface area contributed by atoms with Crippen molar-refractivity contribution >= 4 is 21.6 Å². The smallest absolute Gasteiger partial charge is 0.0668 e. The number of hydrogen-bond donors (Lipinski definition) is 0. The van der Waals surface area contributed by atoms with E-state index in [9.17, 15) is 0 Å². The molecule has 1 aromatic rings. The molecule has 0 spiro atoms. The number of ether oxygens (including phenoxy) is 1. The molecule has 0 N–H and O–H groups in total. The fourth-order valence-corrected chi connectivity index (χ4v) is 2.56. The first-order chi connectivity index (χ1) is 7.72. The molecule has 0 amide bonds. The molecule has 1 unspecified atom stereocenters. The zero-order valence-electron chi connectivity index (χ0n) is 9.87. The topological polar surface area (TPSA) is 12.5 Å². The summed E-state index contributed by atoms with van der Waals surface area (Å²) in [5, 5.41) is 0.923. The van der Waals surface area contributed by atoms with Gasteiger partial charge in [-0.2, -0.15) is 0 Å². The van der Waals surface area contributed by atoms with Gasteiger partial charge in [0.25, 0.3) is 0 Å². The average Bonchev–Trinajstić information content (AvgIpc) is 2.30. The monoisotopic (exact) mass is 283 g/mol. The van der Waals surface area contributed by atoms with E-state index in [4.69, 9.17) is 4.74 Å². The van der Waals surface area contributed by atoms with Crippen molar-refractivity contribution in [3.8, 4) is 0 Å². The Bertz CT molecular complexity index is 367. The first-order valence-electron chi connectivity index (χ1n) is 5.72. The van der Waals surface area contributed by atoms with Gasteiger partial charge in [-0.05, 0) is 31.0 Å². The van der Waals surface area contributed by atoms with Crippen molar-refractivity contribution in [3.05, 3.63) is 29.3 Å². The Morgan fingerprint density at radius 2 is 2.31 bits per heavy atom. The van der Waals surface area contributed by atoms with Crippen LogP contribution in [-0.2, 0) is 10.1 Å². The number of aryl methyl sites for hydroxylation is 1. The molecule has 16 heavy (non-hydrogen) atoms. The van der Waals surface area contributed by atoms with Gasteiger partial charge in [0, 0.05) is 23.6 Å². The zero-order chi connectivity index (χ0) is 11.5. The van der Waals surface area contributed by atoms with E-state index in [1.165, 1.54) is 16.8 Å². The summed E-state index contributed by atoms with van der Waals surface area (Å²) in [7, 11) is 0. The summed E-state index contributed by atoms with van der Waals surface area (Å²) in [6.07, 6.45) is 0. The van der Waals surface area contributed by atoms with Gasteiger partial charge in [-0.1, -0.05) is 28.1 Å². The molecule has 0 aliphatic carbocycles. The summed E-state index contributed by atoms with van der Waals surface area (Å²) < 4.78 is 5.47. The van der Waals surface area contributed by atoms with Gasteiger partial charge in [-0.25, -0.2) is 0 Å². The van der Waals surface area contributed by atoms with Crippen LogP contribution in [0.2, 0.25) is 0 Å². The molecule has 0 radical (unpaired) electrons. The van der Waals surface area contributed by atoms with Gasteiger partial charge in [-0.15, -0.1) is 0 Å². The normalized spacial score (nSPS) is 21.2. The number of morpholine rings is 1. The molecule has 1 saturated heterocycles. The molecule has 2 nitrogen and oxygen atoms in total. The third kappa shape index (κ3) is 2.41. The number of halogens is 1. The molecule has 1 fully saturated rings. The summed E-state index contributed by atoms with van der Waals surface area (Å²) in [5.74, 6) is 0. The number of alkyl halides is 1. The number of benzene rings is 1. The van der Waals surface area contributed by atoms with E-state index in [1.54, 1.807) is 0 Å². The maximum atomic E-state index is 5.47. The van der Waals surface area contributed by atoms with Crippen LogP contribution in [0.4, 0.5) is 5.69 Å². The molecular weight excluding hydrogens is 266 g/mol. The Balaban J connectivity index is 2.25. The first-order valence-corrected chi connectivity index (χ1v) is 6.84. The van der Waals surface area contributed by atoms with Gasteiger partial charge in [-0.3, -0.25) is 0 Å². The molecule has 3 heteroatoms. The van der Waals surface area contributed by atoms with Crippen LogP contribution in [0.25, 0.3) is 0 Å². The van der Waals surface area contributed by atoms with Crippen molar-refractivity contribution in [2.24, 2.45) is 0 Å². The summed E-state index contributed by atoms with van der Waals surface area (Å²) in [6, 6.07) is 7.15. The lowest BCUT2D eigenvalue weighted by Crippen LogP contribution is -2.44. The van der Waals surface area contributed by atoms with Crippen LogP contribution in [0.15, 0.2) is 18.2 Å². The van der Waals surface area contributed by atoms with Gasteiger partial charge in [0.1, 0.15) is 0 Å². The summed E-state index contributed by atoms with van der Waals surface area (Å²) in [4.78, 5) is 2.44. The van der Waals surface area contributed by atoms with Crippen LogP contribution in [0.3, 0.4) is 0 Å². The molecule has 0 saturated carbocycles. The Morgan fingerprint density at radius 3 is 2.94 bits per heavy atom. The Hall–Kier alpha value is -0.540. The van der Waals surface area contributed by atoms with Crippen molar-refractivity contribution in [2.75, 3.05) is 24.7 Å². The maximum absolute atomic E-state index is 5.47. The summed E-state index contributed by atoms with van der Waals surface area (Å²) in [6.45, 7) is 7.07. The van der Waals surface area contributed by atoms with Crippen LogP contribution < -0.4 is 4.90 Å². The van der Waals surface area contributed by atoms with E-state index in [0.717, 1.165) is 25.1 Å². The van der Waals surface area contributed by atoms with Gasteiger partial charge in [0.2, 0.25) is 0 Å². The minimum Gasteiger partial charge on any atom is -0.377 e. The van der Waals surface area contributed by atoms with Gasteiger partial charge in [0.15, 0.2) is 0 Å². The van der Waals surface area contributed by atoms with Gasteiger partial charge in [0.05, 0.1) is 13.2 Å². The molecule has 88 valence electrons. The van der Waals surface area contributed by atoms with E-state index in [-0.39, 0.29) is 0 Å². The highest BCUT2D eigenvalue weighted by molar-refractivity contribution is 9.08. The van der Waals surface area contributed by atoms with E-state index in [2.05, 4.69) is 52.9 Å². The largest absolute Gasteiger partial charge is 0.377 e. The van der Waals surface area contributed by atoms with Crippen LogP contribution in [0, 0.1) is 6.92 Å².